The van der Waals surface area contributed by atoms with Crippen molar-refractivity contribution in [2.45, 2.75) is 78.5 Å². The number of rotatable bonds is 14. The molecule has 4 unspecified atom stereocenters. The summed E-state index contributed by atoms with van der Waals surface area (Å²) in [5.74, 6) is -2.74. The van der Waals surface area contributed by atoms with Gasteiger partial charge in [0.25, 0.3) is 5.91 Å². The van der Waals surface area contributed by atoms with Gasteiger partial charge in [0.15, 0.2) is 0 Å². The first-order valence-electron chi connectivity index (χ1n) is 23.8. The van der Waals surface area contributed by atoms with E-state index in [1.807, 2.05) is 6.07 Å². The fourth-order valence-corrected chi connectivity index (χ4v) is 5.04. The van der Waals surface area contributed by atoms with Crippen molar-refractivity contribution in [3.05, 3.63) is 90.3 Å². The van der Waals surface area contributed by atoms with Crippen LogP contribution in [0.25, 0.3) is 11.1 Å². The number of methoxy groups -OCH3 is 2. The summed E-state index contributed by atoms with van der Waals surface area (Å²) in [6, 6.07) is 12.0. The first-order valence-corrected chi connectivity index (χ1v) is 17.7. The number of hydrogen-bond acceptors (Lipinski definition) is 11. The van der Waals surface area contributed by atoms with E-state index in [9.17, 15) is 24.3 Å². The van der Waals surface area contributed by atoms with Crippen molar-refractivity contribution in [3.63, 3.8) is 0 Å². The Morgan fingerprint density at radius 3 is 1.86 bits per heavy atom. The zero-order valence-electron chi connectivity index (χ0n) is 45.3. The molecule has 3 rings (SSSR count). The molecule has 4 amide bonds. The summed E-state index contributed by atoms with van der Waals surface area (Å²) >= 11 is 0. The highest BCUT2D eigenvalue weighted by Crippen LogP contribution is 2.23. The van der Waals surface area contributed by atoms with Crippen LogP contribution < -0.4 is 21.4 Å². The van der Waals surface area contributed by atoms with Gasteiger partial charge in [-0.3, -0.25) is 29.1 Å². The van der Waals surface area contributed by atoms with E-state index in [1.54, 1.807) is 99.1 Å². The van der Waals surface area contributed by atoms with E-state index in [0.717, 1.165) is 16.1 Å². The number of hydrazine groups is 1. The maximum atomic E-state index is 14.5. The number of benzene rings is 2. The van der Waals surface area contributed by atoms with Crippen LogP contribution in [-0.4, -0.2) is 101 Å². The van der Waals surface area contributed by atoms with E-state index in [0.29, 0.717) is 11.1 Å². The van der Waals surface area contributed by atoms with Crippen molar-refractivity contribution in [3.8, 4) is 11.1 Å². The molecule has 0 aliphatic carbocycles. The highest BCUT2D eigenvalue weighted by Gasteiger charge is 2.37. The van der Waals surface area contributed by atoms with Gasteiger partial charge in [-0.2, -0.15) is 8.42 Å². The number of hydrogen-bond donors (Lipinski definition) is 7. The molecule has 0 saturated carbocycles. The number of nitrogens with one attached hydrogen (secondary N) is 4. The molecule has 0 fully saturated rings. The quantitative estimate of drug-likeness (QED) is 0.0910. The molecule has 18 heteroatoms. The molecule has 17 nitrogen and oxygen atoms in total. The van der Waals surface area contributed by atoms with Crippen LogP contribution >= 0.6 is 0 Å². The van der Waals surface area contributed by atoms with Gasteiger partial charge in [-0.15, -0.1) is 0 Å². The van der Waals surface area contributed by atoms with Crippen LogP contribution in [0.4, 0.5) is 9.59 Å². The smallest absolute Gasteiger partial charge is 0.407 e. The van der Waals surface area contributed by atoms with Crippen LogP contribution in [0, 0.1) is 10.8 Å². The minimum atomic E-state index is -4.67. The van der Waals surface area contributed by atoms with Crippen molar-refractivity contribution in [1.82, 2.24) is 31.4 Å². The summed E-state index contributed by atoms with van der Waals surface area (Å²) in [6.07, 6.45) is -2.53. The average Bonchev–Trinajstić information content (AvgIpc) is 3.16. The van der Waals surface area contributed by atoms with Crippen LogP contribution in [0.3, 0.4) is 0 Å². The van der Waals surface area contributed by atoms with Crippen LogP contribution in [0.15, 0.2) is 79.1 Å². The van der Waals surface area contributed by atoms with Crippen LogP contribution in [-0.2, 0) is 42.4 Å². The number of aliphatic hydroxyl groups is 1. The number of alkyl carbamates (subject to hydrolysis) is 2. The van der Waals surface area contributed by atoms with E-state index in [-0.39, 0.29) is 13.0 Å². The van der Waals surface area contributed by atoms with E-state index >= 15 is 0 Å². The first-order chi connectivity index (χ1) is 32.1. The van der Waals surface area contributed by atoms with Gasteiger partial charge >= 0.3 is 22.6 Å². The van der Waals surface area contributed by atoms with Gasteiger partial charge < -0.3 is 30.5 Å². The summed E-state index contributed by atoms with van der Waals surface area (Å²) in [4.78, 5) is 58.2. The largest absolute Gasteiger partial charge is 0.453 e. The molecule has 0 saturated heterocycles. The molecular formula is C38H54N6O11S. The molecule has 7 N–H and O–H groups in total. The predicted molar refractivity (Wildman–Crippen MR) is 208 cm³/mol. The molecule has 0 spiro atoms. The van der Waals surface area contributed by atoms with Crippen molar-refractivity contribution in [1.29, 1.82) is 0 Å². The Morgan fingerprint density at radius 2 is 1.36 bits per heavy atom. The lowest BCUT2D eigenvalue weighted by Crippen LogP contribution is -2.60. The predicted octanol–water partition coefficient (Wildman–Crippen LogP) is 3.56. The summed E-state index contributed by atoms with van der Waals surface area (Å²) < 4.78 is 158. The lowest BCUT2D eigenvalue weighted by molar-refractivity contribution is -0.132. The van der Waals surface area contributed by atoms with Crippen LogP contribution in [0.1, 0.15) is 73.0 Å². The fourth-order valence-electron chi connectivity index (χ4n) is 5.04. The van der Waals surface area contributed by atoms with Gasteiger partial charge in [-0.25, -0.2) is 14.6 Å². The minimum Gasteiger partial charge on any atom is -0.453 e. The topological polar surface area (TPSA) is 246 Å². The third-order valence-electron chi connectivity index (χ3n) is 7.62. The Bertz CT molecular complexity index is 2310. The fraction of sp³-hybridized carbons (Fsp3) is 0.447. The number of nitrogens with zero attached hydrogens (tertiary/aromatic N) is 2. The van der Waals surface area contributed by atoms with Crippen LogP contribution in [0.2, 0.25) is 0 Å². The third kappa shape index (κ3) is 17.1. The number of carbonyl (C=O) groups is 4. The lowest BCUT2D eigenvalue weighted by Gasteiger charge is -2.35. The van der Waals surface area contributed by atoms with Gasteiger partial charge in [0.1, 0.15) is 12.1 Å². The summed E-state index contributed by atoms with van der Waals surface area (Å²) in [6.45, 7) is -8.58. The minimum absolute atomic E-state index is 0.218. The SMILES string of the molecule is O=S(=O)(O)O.[2H]C([2H])([2H])OC(=O)NC(C(=O)NN(Cc1ccc(-c2cccnc2)cc1)CC(O)C(Cc1ccccc1)NC(=O)C(NC(=O)OC([2H])([2H])[2H])C(C([2H])([2H])[2H])(C([2H])([2H])[2H])C([2H])([2H])[2H])C(C)(C)C. The monoisotopic (exact) mass is 817 g/mol. The highest BCUT2D eigenvalue weighted by atomic mass is 32.3. The number of aliphatic hydroxyl groups excluding tert-OH is 1. The van der Waals surface area contributed by atoms with Gasteiger partial charge in [-0.1, -0.05) is 102 Å². The molecule has 0 aliphatic rings. The van der Waals surface area contributed by atoms with Crippen molar-refractivity contribution < 1.29 is 71.8 Å². The molecule has 0 bridgehead atoms. The van der Waals surface area contributed by atoms with Gasteiger partial charge in [0.2, 0.25) is 5.91 Å². The van der Waals surface area contributed by atoms with Crippen molar-refractivity contribution in [2.75, 3.05) is 20.6 Å². The average molecular weight is 818 g/mol. The molecule has 4 atom stereocenters. The van der Waals surface area contributed by atoms with E-state index < -0.39 is 111 Å². The number of ether oxygens (including phenoxy) is 2. The lowest BCUT2D eigenvalue weighted by atomic mass is 9.85. The Kier molecular flexibility index (Phi) is 10.7. The Balaban J connectivity index is 0.00000328. The standard InChI is InChI=1S/C38H52N6O7.H2O4S/c1-37(2,3)31(41-35(48)50-7)33(46)40-29(21-25-13-10-9-11-14-25)30(45)24-44(43-34(47)32(38(4,5)6)42-36(49)51-8)23-26-16-18-27(19-17-26)28-15-12-20-39-22-28;1-5(2,3)4/h9-20,22,29-32,45H,21,23-24H2,1-8H3,(H,40,46)(H,41,48)(H,42,49)(H,43,47);(H2,1,2,3,4)/i1D3,2D3,3D3,7D3,8D3;. The summed E-state index contributed by atoms with van der Waals surface area (Å²) in [7, 11) is -11.4. The van der Waals surface area contributed by atoms with Gasteiger partial charge in [0, 0.05) is 37.8 Å². The molecule has 56 heavy (non-hydrogen) atoms. The van der Waals surface area contributed by atoms with Gasteiger partial charge in [-0.05, 0) is 45.6 Å². The Hall–Kier alpha value is -5.14. The van der Waals surface area contributed by atoms with E-state index in [1.165, 1.54) is 0 Å². The van der Waals surface area contributed by atoms with Gasteiger partial charge in [0.05, 0.1) is 34.4 Å². The molecule has 3 aromatic rings. The number of aromatic nitrogens is 1. The maximum Gasteiger partial charge on any atom is 0.407 e. The first kappa shape index (κ1) is 28.3. The maximum absolute atomic E-state index is 14.5. The van der Waals surface area contributed by atoms with Crippen molar-refractivity contribution in [2.24, 2.45) is 10.8 Å². The molecule has 1 heterocycles. The second-order valence-corrected chi connectivity index (χ2v) is 14.1. The normalized spacial score (nSPS) is 18.9. The molecule has 0 radical (unpaired) electrons. The van der Waals surface area contributed by atoms with E-state index in [2.05, 4.69) is 30.5 Å². The highest BCUT2D eigenvalue weighted by molar-refractivity contribution is 7.79. The Labute approximate surface area is 349 Å². The molecule has 1 aromatic heterocycles. The number of pyridine rings is 1. The third-order valence-corrected chi connectivity index (χ3v) is 7.62. The second-order valence-electron chi connectivity index (χ2n) is 13.2. The second kappa shape index (κ2) is 21.2. The summed E-state index contributed by atoms with van der Waals surface area (Å²) in [5, 5.41) is 19.3. The Morgan fingerprint density at radius 1 is 0.786 bits per heavy atom. The van der Waals surface area contributed by atoms with Crippen LogP contribution in [0.5, 0.6) is 0 Å². The number of amides is 4. The summed E-state index contributed by atoms with van der Waals surface area (Å²) in [5.41, 5.74) is -0.218. The van der Waals surface area contributed by atoms with E-state index in [4.69, 9.17) is 38.1 Å². The van der Waals surface area contributed by atoms with Crippen molar-refractivity contribution >= 4 is 34.4 Å². The molecule has 308 valence electrons. The molecule has 0 aliphatic heterocycles. The molecular weight excluding hydrogens is 749 g/mol. The zero-order valence-corrected chi connectivity index (χ0v) is 31.2. The zero-order chi connectivity index (χ0) is 54.8. The molecule has 2 aromatic carbocycles. The number of carbonyl (C=O) groups excluding carboxylic acids is 4.